The molecular formula is C15H19NOS. The van der Waals surface area contributed by atoms with Gasteiger partial charge in [-0.25, -0.2) is 0 Å². The van der Waals surface area contributed by atoms with E-state index in [-0.39, 0.29) is 11.3 Å². The highest BCUT2D eigenvalue weighted by Crippen LogP contribution is 2.43. The summed E-state index contributed by atoms with van der Waals surface area (Å²) in [6.45, 7) is 2.31. The first kappa shape index (κ1) is 12.1. The third-order valence-corrected chi connectivity index (χ3v) is 5.33. The second kappa shape index (κ2) is 4.30. The molecule has 1 amide bonds. The van der Waals surface area contributed by atoms with Gasteiger partial charge in [0.15, 0.2) is 0 Å². The number of rotatable bonds is 1. The summed E-state index contributed by atoms with van der Waals surface area (Å²) in [5, 5.41) is 3.18. The fraction of sp³-hybridized carbons (Fsp3) is 0.533. The number of piperidine rings is 1. The maximum atomic E-state index is 11.6. The third-order valence-electron chi connectivity index (χ3n) is 4.61. The first-order chi connectivity index (χ1) is 8.63. The summed E-state index contributed by atoms with van der Waals surface area (Å²) in [5.41, 5.74) is 3.08. The van der Waals surface area contributed by atoms with Gasteiger partial charge in [0, 0.05) is 22.8 Å². The summed E-state index contributed by atoms with van der Waals surface area (Å²) in [7, 11) is 0. The Labute approximate surface area is 113 Å². The number of fused-ring (bicyclic) bond motifs is 3. The van der Waals surface area contributed by atoms with E-state index in [0.717, 1.165) is 19.3 Å². The maximum absolute atomic E-state index is 11.6. The third kappa shape index (κ3) is 1.76. The number of hydrogen-bond acceptors (Lipinski definition) is 2. The van der Waals surface area contributed by atoms with Crippen LogP contribution in [-0.2, 0) is 16.6 Å². The van der Waals surface area contributed by atoms with Gasteiger partial charge in [0.05, 0.1) is 0 Å². The lowest BCUT2D eigenvalue weighted by Gasteiger charge is -2.46. The van der Waals surface area contributed by atoms with Crippen LogP contribution < -0.4 is 5.32 Å². The van der Waals surface area contributed by atoms with Crippen LogP contribution in [0.1, 0.15) is 37.3 Å². The molecule has 1 N–H and O–H groups in total. The highest BCUT2D eigenvalue weighted by molar-refractivity contribution is 7.98. The zero-order valence-electron chi connectivity index (χ0n) is 11.0. The molecule has 0 spiro atoms. The summed E-state index contributed by atoms with van der Waals surface area (Å²) in [5.74, 6) is 0.224. The second-order valence-electron chi connectivity index (χ2n) is 5.60. The molecule has 1 fully saturated rings. The van der Waals surface area contributed by atoms with E-state index >= 15 is 0 Å². The molecule has 1 heterocycles. The summed E-state index contributed by atoms with van der Waals surface area (Å²) in [4.78, 5) is 12.9. The Morgan fingerprint density at radius 1 is 1.39 bits per heavy atom. The molecule has 1 saturated heterocycles. The van der Waals surface area contributed by atoms with Gasteiger partial charge in [-0.15, -0.1) is 11.8 Å². The lowest BCUT2D eigenvalue weighted by Crippen LogP contribution is -2.55. The predicted molar refractivity (Wildman–Crippen MR) is 75.1 cm³/mol. The topological polar surface area (TPSA) is 29.1 Å². The van der Waals surface area contributed by atoms with Crippen molar-refractivity contribution in [1.29, 1.82) is 0 Å². The molecule has 2 atom stereocenters. The summed E-state index contributed by atoms with van der Waals surface area (Å²) >= 11 is 1.80. The molecule has 18 heavy (non-hydrogen) atoms. The van der Waals surface area contributed by atoms with Crippen molar-refractivity contribution in [1.82, 2.24) is 5.32 Å². The lowest BCUT2D eigenvalue weighted by atomic mass is 9.64. The monoisotopic (exact) mass is 261 g/mol. The quantitative estimate of drug-likeness (QED) is 0.788. The van der Waals surface area contributed by atoms with Gasteiger partial charge < -0.3 is 5.32 Å². The fourth-order valence-corrected chi connectivity index (χ4v) is 3.91. The molecule has 0 aromatic heterocycles. The van der Waals surface area contributed by atoms with Gasteiger partial charge in [-0.3, -0.25) is 4.79 Å². The van der Waals surface area contributed by atoms with Gasteiger partial charge in [-0.05, 0) is 48.8 Å². The van der Waals surface area contributed by atoms with E-state index in [1.807, 2.05) is 0 Å². The zero-order valence-corrected chi connectivity index (χ0v) is 11.8. The number of thioether (sulfide) groups is 1. The highest BCUT2D eigenvalue weighted by Gasteiger charge is 2.43. The van der Waals surface area contributed by atoms with E-state index in [4.69, 9.17) is 0 Å². The van der Waals surface area contributed by atoms with Crippen molar-refractivity contribution < 1.29 is 4.79 Å². The van der Waals surface area contributed by atoms with Crippen LogP contribution in [0, 0.1) is 0 Å². The van der Waals surface area contributed by atoms with Gasteiger partial charge in [0.25, 0.3) is 0 Å². The Balaban J connectivity index is 2.03. The number of carbonyl (C=O) groups is 1. The van der Waals surface area contributed by atoms with Crippen molar-refractivity contribution in [2.45, 2.75) is 49.0 Å². The first-order valence-corrected chi connectivity index (χ1v) is 7.83. The molecule has 3 rings (SSSR count). The van der Waals surface area contributed by atoms with E-state index < -0.39 is 0 Å². The number of benzene rings is 1. The largest absolute Gasteiger partial charge is 0.352 e. The molecule has 0 bridgehead atoms. The van der Waals surface area contributed by atoms with Crippen molar-refractivity contribution in [2.24, 2.45) is 0 Å². The van der Waals surface area contributed by atoms with Crippen molar-refractivity contribution >= 4 is 17.7 Å². The number of aryl methyl sites for hydroxylation is 1. The molecular weight excluding hydrogens is 242 g/mol. The van der Waals surface area contributed by atoms with Crippen molar-refractivity contribution in [3.8, 4) is 0 Å². The minimum atomic E-state index is 0.137. The molecule has 1 aromatic rings. The van der Waals surface area contributed by atoms with Crippen LogP contribution in [0.4, 0.5) is 0 Å². The molecule has 3 heteroatoms. The molecule has 0 saturated carbocycles. The Morgan fingerprint density at radius 3 is 3.00 bits per heavy atom. The molecule has 2 aliphatic rings. The zero-order chi connectivity index (χ0) is 12.8. The number of amides is 1. The minimum Gasteiger partial charge on any atom is -0.352 e. The molecule has 1 aliphatic heterocycles. The van der Waals surface area contributed by atoms with E-state index in [2.05, 4.69) is 36.7 Å². The van der Waals surface area contributed by atoms with Crippen LogP contribution >= 0.6 is 11.8 Å². The highest BCUT2D eigenvalue weighted by atomic mass is 32.2. The van der Waals surface area contributed by atoms with Crippen molar-refractivity contribution in [3.05, 3.63) is 29.3 Å². The van der Waals surface area contributed by atoms with Crippen LogP contribution in [0.25, 0.3) is 0 Å². The fourth-order valence-electron chi connectivity index (χ4n) is 3.45. The van der Waals surface area contributed by atoms with E-state index in [9.17, 15) is 4.79 Å². The second-order valence-corrected chi connectivity index (χ2v) is 6.48. The average molecular weight is 261 g/mol. The first-order valence-electron chi connectivity index (χ1n) is 6.60. The average Bonchev–Trinajstić information content (AvgIpc) is 2.39. The van der Waals surface area contributed by atoms with Gasteiger partial charge in [-0.2, -0.15) is 0 Å². The van der Waals surface area contributed by atoms with E-state index in [1.54, 1.807) is 11.8 Å². The maximum Gasteiger partial charge on any atom is 0.220 e. The molecule has 1 aromatic carbocycles. The van der Waals surface area contributed by atoms with Crippen molar-refractivity contribution in [2.75, 3.05) is 6.26 Å². The Kier molecular flexibility index (Phi) is 2.89. The smallest absolute Gasteiger partial charge is 0.220 e. The van der Waals surface area contributed by atoms with Crippen LogP contribution in [-0.4, -0.2) is 18.2 Å². The molecule has 1 aliphatic carbocycles. The predicted octanol–water partition coefficient (Wildman–Crippen LogP) is 2.89. The molecule has 2 unspecified atom stereocenters. The van der Waals surface area contributed by atoms with Crippen LogP contribution in [0.2, 0.25) is 0 Å². The minimum absolute atomic E-state index is 0.137. The number of hydrogen-bond donors (Lipinski definition) is 1. The van der Waals surface area contributed by atoms with E-state index in [1.165, 1.54) is 16.0 Å². The SMILES string of the molecule is CSc1ccc2c(c1)CCC1NC(=O)CCC21C. The number of carbonyl (C=O) groups excluding carboxylic acids is 1. The van der Waals surface area contributed by atoms with Crippen LogP contribution in [0.15, 0.2) is 23.1 Å². The van der Waals surface area contributed by atoms with Crippen molar-refractivity contribution in [3.63, 3.8) is 0 Å². The lowest BCUT2D eigenvalue weighted by molar-refractivity contribution is -0.125. The Morgan fingerprint density at radius 2 is 2.22 bits per heavy atom. The standard InChI is InChI=1S/C15H19NOS/c1-15-8-7-14(17)16-13(15)6-3-10-9-11(18-2)4-5-12(10)15/h4-5,9,13H,3,6-8H2,1-2H3,(H,16,17). The van der Waals surface area contributed by atoms with Gasteiger partial charge in [0.1, 0.15) is 0 Å². The molecule has 0 radical (unpaired) electrons. The van der Waals surface area contributed by atoms with Gasteiger partial charge >= 0.3 is 0 Å². The Bertz CT molecular complexity index is 499. The molecule has 96 valence electrons. The summed E-state index contributed by atoms with van der Waals surface area (Å²) < 4.78 is 0. The normalized spacial score (nSPS) is 30.3. The summed E-state index contributed by atoms with van der Waals surface area (Å²) in [6.07, 6.45) is 5.93. The Hall–Kier alpha value is -0.960. The van der Waals surface area contributed by atoms with Crippen LogP contribution in [0.5, 0.6) is 0 Å². The number of nitrogens with one attached hydrogen (secondary N) is 1. The van der Waals surface area contributed by atoms with E-state index in [0.29, 0.717) is 12.5 Å². The van der Waals surface area contributed by atoms with Crippen LogP contribution in [0.3, 0.4) is 0 Å². The molecule has 2 nitrogen and oxygen atoms in total. The van der Waals surface area contributed by atoms with Gasteiger partial charge in [0.2, 0.25) is 5.91 Å². The summed E-state index contributed by atoms with van der Waals surface area (Å²) in [6, 6.07) is 7.15. The van der Waals surface area contributed by atoms with Gasteiger partial charge in [-0.1, -0.05) is 13.0 Å².